The van der Waals surface area contributed by atoms with Gasteiger partial charge in [-0.25, -0.2) is 9.50 Å². The quantitative estimate of drug-likeness (QED) is 0.749. The molecule has 0 aliphatic carbocycles. The van der Waals surface area contributed by atoms with Crippen molar-refractivity contribution in [2.75, 3.05) is 5.73 Å². The third-order valence-electron chi connectivity index (χ3n) is 2.45. The normalized spacial score (nSPS) is 10.9. The molecule has 5 heteroatoms. The Balaban J connectivity index is 2.18. The Bertz CT molecular complexity index is 690. The molecule has 0 aliphatic rings. The van der Waals surface area contributed by atoms with Gasteiger partial charge < -0.3 is 5.73 Å². The molecule has 1 aromatic carbocycles. The molecule has 4 nitrogen and oxygen atoms in total. The maximum absolute atomic E-state index is 5.67. The van der Waals surface area contributed by atoms with Gasteiger partial charge in [0.25, 0.3) is 0 Å². The monoisotopic (exact) mass is 288 g/mol. The Kier molecular flexibility index (Phi) is 2.33. The van der Waals surface area contributed by atoms with E-state index in [1.165, 1.54) is 0 Å². The molecule has 0 atom stereocenters. The summed E-state index contributed by atoms with van der Waals surface area (Å²) in [6.45, 7) is 0. The Hall–Kier alpha value is -1.88. The molecule has 0 saturated heterocycles. The lowest BCUT2D eigenvalue weighted by Gasteiger charge is -1.96. The predicted octanol–water partition coefficient (Wildman–Crippen LogP) is 2.74. The van der Waals surface area contributed by atoms with Crippen LogP contribution < -0.4 is 5.73 Å². The SMILES string of the molecule is Nc1cnc2cc(-c3cccc(Br)c3)nn2c1. The molecular weight excluding hydrogens is 280 g/mol. The van der Waals surface area contributed by atoms with Gasteiger partial charge in [0.2, 0.25) is 0 Å². The van der Waals surface area contributed by atoms with Crippen LogP contribution in [0.5, 0.6) is 0 Å². The van der Waals surface area contributed by atoms with Gasteiger partial charge in [0, 0.05) is 16.1 Å². The third kappa shape index (κ3) is 1.89. The molecule has 0 unspecified atom stereocenters. The largest absolute Gasteiger partial charge is 0.396 e. The smallest absolute Gasteiger partial charge is 0.155 e. The second kappa shape index (κ2) is 3.85. The van der Waals surface area contributed by atoms with Crippen LogP contribution in [0.4, 0.5) is 5.69 Å². The van der Waals surface area contributed by atoms with E-state index in [0.29, 0.717) is 5.69 Å². The summed E-state index contributed by atoms with van der Waals surface area (Å²) < 4.78 is 2.71. The number of hydrogen-bond acceptors (Lipinski definition) is 3. The van der Waals surface area contributed by atoms with Crippen LogP contribution in [0, 0.1) is 0 Å². The number of halogens is 1. The number of fused-ring (bicyclic) bond motifs is 1. The molecule has 84 valence electrons. The highest BCUT2D eigenvalue weighted by molar-refractivity contribution is 9.10. The van der Waals surface area contributed by atoms with Crippen LogP contribution in [-0.4, -0.2) is 14.6 Å². The van der Waals surface area contributed by atoms with E-state index in [0.717, 1.165) is 21.4 Å². The summed E-state index contributed by atoms with van der Waals surface area (Å²) in [6.07, 6.45) is 3.38. The van der Waals surface area contributed by atoms with Gasteiger partial charge in [0.1, 0.15) is 0 Å². The molecule has 17 heavy (non-hydrogen) atoms. The molecule has 3 aromatic rings. The number of hydrogen-bond donors (Lipinski definition) is 1. The van der Waals surface area contributed by atoms with Crippen molar-refractivity contribution in [1.29, 1.82) is 0 Å². The fourth-order valence-electron chi connectivity index (χ4n) is 1.68. The Labute approximate surface area is 106 Å². The highest BCUT2D eigenvalue weighted by atomic mass is 79.9. The van der Waals surface area contributed by atoms with Crippen molar-refractivity contribution in [1.82, 2.24) is 14.6 Å². The van der Waals surface area contributed by atoms with E-state index in [1.807, 2.05) is 30.3 Å². The lowest BCUT2D eigenvalue weighted by Crippen LogP contribution is -1.93. The van der Waals surface area contributed by atoms with Crippen LogP contribution in [0.3, 0.4) is 0 Å². The maximum atomic E-state index is 5.67. The van der Waals surface area contributed by atoms with Crippen molar-refractivity contribution in [2.24, 2.45) is 0 Å². The lowest BCUT2D eigenvalue weighted by atomic mass is 10.2. The first-order valence-corrected chi connectivity index (χ1v) is 5.88. The third-order valence-corrected chi connectivity index (χ3v) is 2.95. The molecule has 0 spiro atoms. The van der Waals surface area contributed by atoms with Gasteiger partial charge in [0.15, 0.2) is 5.65 Å². The molecule has 2 aromatic heterocycles. The van der Waals surface area contributed by atoms with Gasteiger partial charge in [-0.05, 0) is 12.1 Å². The molecule has 2 N–H and O–H groups in total. The van der Waals surface area contributed by atoms with Gasteiger partial charge in [0.05, 0.1) is 23.8 Å². The number of nitrogens with two attached hydrogens (primary N) is 1. The second-order valence-corrected chi connectivity index (χ2v) is 4.65. The minimum Gasteiger partial charge on any atom is -0.396 e. The van der Waals surface area contributed by atoms with Gasteiger partial charge in [-0.15, -0.1) is 0 Å². The zero-order chi connectivity index (χ0) is 11.8. The minimum atomic E-state index is 0.599. The fourth-order valence-corrected chi connectivity index (χ4v) is 2.08. The summed E-state index contributed by atoms with van der Waals surface area (Å²) in [4.78, 5) is 4.21. The van der Waals surface area contributed by atoms with Crippen molar-refractivity contribution < 1.29 is 0 Å². The molecule has 0 amide bonds. The Morgan fingerprint density at radius 2 is 2.12 bits per heavy atom. The van der Waals surface area contributed by atoms with Crippen LogP contribution in [0.2, 0.25) is 0 Å². The van der Waals surface area contributed by atoms with Crippen LogP contribution in [-0.2, 0) is 0 Å². The summed E-state index contributed by atoms with van der Waals surface area (Å²) in [5.74, 6) is 0. The Morgan fingerprint density at radius 1 is 1.24 bits per heavy atom. The molecule has 0 bridgehead atoms. The Morgan fingerprint density at radius 3 is 2.94 bits per heavy atom. The van der Waals surface area contributed by atoms with Gasteiger partial charge in [-0.2, -0.15) is 5.10 Å². The minimum absolute atomic E-state index is 0.599. The summed E-state index contributed by atoms with van der Waals surface area (Å²) in [7, 11) is 0. The molecular formula is C12H9BrN4. The van der Waals surface area contributed by atoms with E-state index in [1.54, 1.807) is 16.9 Å². The van der Waals surface area contributed by atoms with Crippen molar-refractivity contribution in [3.8, 4) is 11.3 Å². The molecule has 3 rings (SSSR count). The fraction of sp³-hybridized carbons (Fsp3) is 0. The number of nitrogen functional groups attached to an aromatic ring is 1. The average molecular weight is 289 g/mol. The molecule has 0 aliphatic heterocycles. The number of aromatic nitrogens is 3. The number of nitrogens with zero attached hydrogens (tertiary/aromatic N) is 3. The van der Waals surface area contributed by atoms with Crippen molar-refractivity contribution >= 4 is 27.3 Å². The van der Waals surface area contributed by atoms with Crippen LogP contribution >= 0.6 is 15.9 Å². The predicted molar refractivity (Wildman–Crippen MR) is 70.5 cm³/mol. The van der Waals surface area contributed by atoms with Crippen molar-refractivity contribution in [3.63, 3.8) is 0 Å². The first kappa shape index (κ1) is 10.3. The first-order chi connectivity index (χ1) is 8.22. The van der Waals surface area contributed by atoms with E-state index < -0.39 is 0 Å². The van der Waals surface area contributed by atoms with Crippen molar-refractivity contribution in [3.05, 3.63) is 47.2 Å². The van der Waals surface area contributed by atoms with Crippen LogP contribution in [0.25, 0.3) is 16.9 Å². The van der Waals surface area contributed by atoms with E-state index >= 15 is 0 Å². The molecule has 0 saturated carbocycles. The van der Waals surface area contributed by atoms with Gasteiger partial charge >= 0.3 is 0 Å². The number of benzene rings is 1. The zero-order valence-electron chi connectivity index (χ0n) is 8.84. The summed E-state index contributed by atoms with van der Waals surface area (Å²) >= 11 is 3.44. The molecule has 2 heterocycles. The van der Waals surface area contributed by atoms with Gasteiger partial charge in [-0.3, -0.25) is 0 Å². The topological polar surface area (TPSA) is 56.2 Å². The van der Waals surface area contributed by atoms with E-state index in [-0.39, 0.29) is 0 Å². The van der Waals surface area contributed by atoms with Crippen LogP contribution in [0.1, 0.15) is 0 Å². The van der Waals surface area contributed by atoms with Crippen molar-refractivity contribution in [2.45, 2.75) is 0 Å². The standard InChI is InChI=1S/C12H9BrN4/c13-9-3-1-2-8(4-9)11-5-12-15-6-10(14)7-17(12)16-11/h1-7H,14H2. The summed E-state index contributed by atoms with van der Waals surface area (Å²) in [5.41, 5.74) is 8.97. The lowest BCUT2D eigenvalue weighted by molar-refractivity contribution is 0.946. The second-order valence-electron chi connectivity index (χ2n) is 3.73. The summed E-state index contributed by atoms with van der Waals surface area (Å²) in [6, 6.07) is 9.92. The number of anilines is 1. The highest BCUT2D eigenvalue weighted by Gasteiger charge is 2.05. The van der Waals surface area contributed by atoms with E-state index in [2.05, 4.69) is 26.0 Å². The molecule has 0 fully saturated rings. The molecule has 0 radical (unpaired) electrons. The number of rotatable bonds is 1. The van der Waals surface area contributed by atoms with E-state index in [9.17, 15) is 0 Å². The van der Waals surface area contributed by atoms with Gasteiger partial charge in [-0.1, -0.05) is 28.1 Å². The van der Waals surface area contributed by atoms with Crippen LogP contribution in [0.15, 0.2) is 47.2 Å². The highest BCUT2D eigenvalue weighted by Crippen LogP contribution is 2.22. The first-order valence-electron chi connectivity index (χ1n) is 5.09. The zero-order valence-corrected chi connectivity index (χ0v) is 10.4. The summed E-state index contributed by atoms with van der Waals surface area (Å²) in [5, 5.41) is 4.44. The average Bonchev–Trinajstić information content (AvgIpc) is 2.72. The van der Waals surface area contributed by atoms with E-state index in [4.69, 9.17) is 5.73 Å². The maximum Gasteiger partial charge on any atom is 0.155 e.